The van der Waals surface area contributed by atoms with E-state index in [-0.39, 0.29) is 16.5 Å². The molecular weight excluding hydrogens is 448 g/mol. The zero-order valence-electron chi connectivity index (χ0n) is 15.6. The Morgan fingerprint density at radius 3 is 2.60 bits per heavy atom. The normalized spacial score (nSPS) is 10.9. The van der Waals surface area contributed by atoms with Crippen molar-refractivity contribution < 1.29 is 9.18 Å². The molecule has 0 saturated heterocycles. The van der Waals surface area contributed by atoms with E-state index in [1.165, 1.54) is 28.2 Å². The van der Waals surface area contributed by atoms with Gasteiger partial charge in [-0.15, -0.1) is 10.2 Å². The van der Waals surface area contributed by atoms with Gasteiger partial charge in [0.2, 0.25) is 5.13 Å². The second-order valence-electron chi connectivity index (χ2n) is 6.38. The molecule has 0 aliphatic heterocycles. The van der Waals surface area contributed by atoms with E-state index in [4.69, 9.17) is 23.2 Å². The average molecular weight is 462 g/mol. The highest BCUT2D eigenvalue weighted by Crippen LogP contribution is 2.32. The highest BCUT2D eigenvalue weighted by molar-refractivity contribution is 7.18. The summed E-state index contributed by atoms with van der Waals surface area (Å²) >= 11 is 13.8. The molecule has 152 valence electrons. The van der Waals surface area contributed by atoms with E-state index in [2.05, 4.69) is 20.6 Å². The smallest absolute Gasteiger partial charge is 0.262 e. The van der Waals surface area contributed by atoms with Crippen LogP contribution < -0.4 is 5.32 Å². The molecule has 2 heterocycles. The molecule has 0 saturated carbocycles. The highest BCUT2D eigenvalue weighted by Gasteiger charge is 2.22. The van der Waals surface area contributed by atoms with E-state index in [1.807, 2.05) is 18.2 Å². The fourth-order valence-corrected chi connectivity index (χ4v) is 4.24. The standard InChI is InChI=1S/C20H14Cl2FN5OS/c1-11-16(17(22)28(27-11)10-12-6-8-13(23)9-7-12)18(29)24-20-26-25-19(30-20)14-4-2-3-5-15(14)21/h2-9H,10H2,1H3,(H,24,26,29). The van der Waals surface area contributed by atoms with Gasteiger partial charge >= 0.3 is 0 Å². The Bertz CT molecular complexity index is 1220. The first-order chi connectivity index (χ1) is 14.4. The molecule has 0 atom stereocenters. The maximum absolute atomic E-state index is 13.1. The van der Waals surface area contributed by atoms with E-state index >= 15 is 0 Å². The van der Waals surface area contributed by atoms with Gasteiger partial charge in [-0.25, -0.2) is 9.07 Å². The molecule has 1 amide bonds. The molecule has 0 radical (unpaired) electrons. The molecule has 0 spiro atoms. The number of carbonyl (C=O) groups is 1. The van der Waals surface area contributed by atoms with Crippen molar-refractivity contribution in [2.24, 2.45) is 0 Å². The molecule has 0 aliphatic carbocycles. The van der Waals surface area contributed by atoms with Crippen LogP contribution in [0.3, 0.4) is 0 Å². The van der Waals surface area contributed by atoms with Gasteiger partial charge in [0, 0.05) is 5.56 Å². The number of amides is 1. The van der Waals surface area contributed by atoms with Gasteiger partial charge in [-0.3, -0.25) is 10.1 Å². The summed E-state index contributed by atoms with van der Waals surface area (Å²) in [5.74, 6) is -0.764. The third kappa shape index (κ3) is 4.21. The third-order valence-corrected chi connectivity index (χ3v) is 5.87. The van der Waals surface area contributed by atoms with E-state index in [1.54, 1.807) is 25.1 Å². The quantitative estimate of drug-likeness (QED) is 0.428. The van der Waals surface area contributed by atoms with Crippen molar-refractivity contribution in [2.75, 3.05) is 5.32 Å². The Morgan fingerprint density at radius 1 is 1.13 bits per heavy atom. The minimum absolute atomic E-state index is 0.185. The molecule has 30 heavy (non-hydrogen) atoms. The molecular formula is C20H14Cl2FN5OS. The van der Waals surface area contributed by atoms with Gasteiger partial charge in [0.05, 0.1) is 22.8 Å². The van der Waals surface area contributed by atoms with Crippen molar-refractivity contribution in [1.29, 1.82) is 0 Å². The van der Waals surface area contributed by atoms with Crippen LogP contribution >= 0.6 is 34.5 Å². The number of hydrogen-bond acceptors (Lipinski definition) is 5. The fraction of sp³-hybridized carbons (Fsp3) is 0.100. The predicted octanol–water partition coefficient (Wildman–Crippen LogP) is 5.46. The monoisotopic (exact) mass is 461 g/mol. The minimum Gasteiger partial charge on any atom is -0.296 e. The van der Waals surface area contributed by atoms with Gasteiger partial charge in [-0.1, -0.05) is 64.9 Å². The number of anilines is 1. The third-order valence-electron chi connectivity index (χ3n) is 4.29. The summed E-state index contributed by atoms with van der Waals surface area (Å²) in [6.07, 6.45) is 0. The van der Waals surface area contributed by atoms with Crippen LogP contribution in [0.4, 0.5) is 9.52 Å². The Morgan fingerprint density at radius 2 is 1.87 bits per heavy atom. The number of carbonyl (C=O) groups excluding carboxylic acids is 1. The van der Waals surface area contributed by atoms with E-state index in [9.17, 15) is 9.18 Å². The lowest BCUT2D eigenvalue weighted by Gasteiger charge is -2.04. The molecule has 1 N–H and O–H groups in total. The van der Waals surface area contributed by atoms with Gasteiger partial charge < -0.3 is 0 Å². The maximum atomic E-state index is 13.1. The molecule has 2 aromatic heterocycles. The molecule has 10 heteroatoms. The van der Waals surface area contributed by atoms with E-state index in [0.717, 1.165) is 11.1 Å². The fourth-order valence-electron chi connectivity index (χ4n) is 2.86. The summed E-state index contributed by atoms with van der Waals surface area (Å²) in [6, 6.07) is 13.3. The lowest BCUT2D eigenvalue weighted by Crippen LogP contribution is -2.13. The number of halogens is 3. The number of nitrogens with one attached hydrogen (secondary N) is 1. The first-order valence-electron chi connectivity index (χ1n) is 8.79. The lowest BCUT2D eigenvalue weighted by atomic mass is 10.2. The number of nitrogens with zero attached hydrogens (tertiary/aromatic N) is 4. The predicted molar refractivity (Wildman–Crippen MR) is 116 cm³/mol. The van der Waals surface area contributed by atoms with E-state index < -0.39 is 5.91 Å². The van der Waals surface area contributed by atoms with Crippen molar-refractivity contribution >= 4 is 45.6 Å². The van der Waals surface area contributed by atoms with Crippen LogP contribution in [-0.4, -0.2) is 25.9 Å². The van der Waals surface area contributed by atoms with Gasteiger partial charge in [0.1, 0.15) is 11.0 Å². The van der Waals surface area contributed by atoms with Gasteiger partial charge in [-0.05, 0) is 30.7 Å². The summed E-state index contributed by atoms with van der Waals surface area (Å²) in [6.45, 7) is 2.00. The zero-order chi connectivity index (χ0) is 21.3. The van der Waals surface area contributed by atoms with Gasteiger partial charge in [0.15, 0.2) is 5.01 Å². The largest absolute Gasteiger partial charge is 0.296 e. The molecule has 0 fully saturated rings. The van der Waals surface area contributed by atoms with Crippen LogP contribution in [0.25, 0.3) is 10.6 Å². The van der Waals surface area contributed by atoms with Crippen molar-refractivity contribution in [3.05, 3.63) is 81.3 Å². The second kappa shape index (κ2) is 8.51. The number of aryl methyl sites for hydroxylation is 1. The maximum Gasteiger partial charge on any atom is 0.262 e. The summed E-state index contributed by atoms with van der Waals surface area (Å²) < 4.78 is 14.6. The molecule has 0 unspecified atom stereocenters. The van der Waals surface area contributed by atoms with E-state index in [0.29, 0.717) is 27.4 Å². The Hall–Kier alpha value is -2.81. The molecule has 6 nitrogen and oxygen atoms in total. The van der Waals surface area contributed by atoms with Crippen LogP contribution in [0.5, 0.6) is 0 Å². The molecule has 4 rings (SSSR count). The minimum atomic E-state index is -0.440. The van der Waals surface area contributed by atoms with Crippen molar-refractivity contribution in [3.63, 3.8) is 0 Å². The molecule has 0 bridgehead atoms. The zero-order valence-corrected chi connectivity index (χ0v) is 17.9. The topological polar surface area (TPSA) is 72.7 Å². The number of benzene rings is 2. The summed E-state index contributed by atoms with van der Waals surface area (Å²) in [5, 5.41) is 16.8. The van der Waals surface area contributed by atoms with Crippen LogP contribution in [0.1, 0.15) is 21.6 Å². The molecule has 0 aliphatic rings. The van der Waals surface area contributed by atoms with Crippen molar-refractivity contribution in [1.82, 2.24) is 20.0 Å². The number of hydrogen-bond donors (Lipinski definition) is 1. The average Bonchev–Trinajstić information content (AvgIpc) is 3.28. The molecule has 2 aromatic carbocycles. The Balaban J connectivity index is 1.53. The summed E-state index contributed by atoms with van der Waals surface area (Å²) in [5.41, 5.74) is 2.25. The van der Waals surface area contributed by atoms with Crippen molar-refractivity contribution in [2.45, 2.75) is 13.5 Å². The number of aromatic nitrogens is 4. The highest BCUT2D eigenvalue weighted by atomic mass is 35.5. The summed E-state index contributed by atoms with van der Waals surface area (Å²) in [7, 11) is 0. The van der Waals surface area contributed by atoms with Gasteiger partial charge in [-0.2, -0.15) is 5.10 Å². The van der Waals surface area contributed by atoms with Crippen molar-refractivity contribution in [3.8, 4) is 10.6 Å². The first kappa shape index (κ1) is 20.5. The second-order valence-corrected chi connectivity index (χ2v) is 8.12. The first-order valence-corrected chi connectivity index (χ1v) is 10.4. The lowest BCUT2D eigenvalue weighted by molar-refractivity contribution is 0.102. The van der Waals surface area contributed by atoms with Crippen LogP contribution in [0.15, 0.2) is 48.5 Å². The van der Waals surface area contributed by atoms with Crippen LogP contribution in [0, 0.1) is 12.7 Å². The van der Waals surface area contributed by atoms with Gasteiger partial charge in [0.25, 0.3) is 5.91 Å². The summed E-state index contributed by atoms with van der Waals surface area (Å²) in [4.78, 5) is 12.8. The van der Waals surface area contributed by atoms with Crippen LogP contribution in [0.2, 0.25) is 10.2 Å². The Labute approximate surface area is 185 Å². The SMILES string of the molecule is Cc1nn(Cc2ccc(F)cc2)c(Cl)c1C(=O)Nc1nnc(-c2ccccc2Cl)s1. The molecule has 4 aromatic rings. The number of rotatable bonds is 5. The Kier molecular flexibility index (Phi) is 5.80. The van der Waals surface area contributed by atoms with Crippen LogP contribution in [-0.2, 0) is 6.54 Å².